The second kappa shape index (κ2) is 6.72. The number of hydrogen-bond donors (Lipinski definition) is 2. The van der Waals surface area contributed by atoms with E-state index in [4.69, 9.17) is 5.73 Å². The molecule has 5 nitrogen and oxygen atoms in total. The van der Waals surface area contributed by atoms with Crippen molar-refractivity contribution in [2.45, 2.75) is 32.7 Å². The van der Waals surface area contributed by atoms with Crippen LogP contribution in [0.15, 0.2) is 24.3 Å². The number of rotatable bonds is 4. The van der Waals surface area contributed by atoms with Gasteiger partial charge in [-0.1, -0.05) is 6.92 Å². The van der Waals surface area contributed by atoms with E-state index in [9.17, 15) is 9.59 Å². The lowest BCUT2D eigenvalue weighted by molar-refractivity contribution is -0.121. The van der Waals surface area contributed by atoms with Gasteiger partial charge < -0.3 is 11.1 Å². The van der Waals surface area contributed by atoms with E-state index in [0.29, 0.717) is 17.2 Å². The SMILES string of the molecule is C[C@@H]1CCCN([C@@H](C)C(=O)Nc2ccc(C(N)=O)cc2)C1. The Hall–Kier alpha value is -1.88. The summed E-state index contributed by atoms with van der Waals surface area (Å²) in [4.78, 5) is 25.5. The Morgan fingerprint density at radius 1 is 1.33 bits per heavy atom. The number of likely N-dealkylation sites (tertiary alicyclic amines) is 1. The predicted octanol–water partition coefficient (Wildman–Crippen LogP) is 1.84. The normalized spacial score (nSPS) is 20.8. The molecule has 5 heteroatoms. The number of piperidine rings is 1. The number of benzene rings is 1. The number of carbonyl (C=O) groups excluding carboxylic acids is 2. The minimum absolute atomic E-state index is 0.0177. The molecule has 1 aliphatic rings. The molecule has 1 aliphatic heterocycles. The van der Waals surface area contributed by atoms with Gasteiger partial charge in [-0.2, -0.15) is 0 Å². The Kier molecular flexibility index (Phi) is 4.96. The Balaban J connectivity index is 1.95. The third kappa shape index (κ3) is 4.04. The van der Waals surface area contributed by atoms with E-state index in [1.807, 2.05) is 6.92 Å². The number of nitrogens with zero attached hydrogens (tertiary/aromatic N) is 1. The van der Waals surface area contributed by atoms with Gasteiger partial charge in [0.25, 0.3) is 0 Å². The van der Waals surface area contributed by atoms with Gasteiger partial charge in [0.1, 0.15) is 0 Å². The summed E-state index contributed by atoms with van der Waals surface area (Å²) in [5, 5.41) is 2.89. The number of nitrogens with two attached hydrogens (primary N) is 1. The van der Waals surface area contributed by atoms with Gasteiger partial charge in [-0.05, 0) is 56.5 Å². The molecule has 1 aromatic rings. The molecule has 2 amide bonds. The zero-order valence-corrected chi connectivity index (χ0v) is 12.6. The van der Waals surface area contributed by atoms with Crippen molar-refractivity contribution < 1.29 is 9.59 Å². The summed E-state index contributed by atoms with van der Waals surface area (Å²) in [6, 6.07) is 6.48. The lowest BCUT2D eigenvalue weighted by atomic mass is 9.99. The first-order valence-electron chi connectivity index (χ1n) is 7.42. The molecule has 114 valence electrons. The van der Waals surface area contributed by atoms with Gasteiger partial charge in [0.2, 0.25) is 11.8 Å². The molecule has 21 heavy (non-hydrogen) atoms. The highest BCUT2D eigenvalue weighted by molar-refractivity contribution is 5.96. The molecule has 3 N–H and O–H groups in total. The van der Waals surface area contributed by atoms with Crippen LogP contribution in [0.2, 0.25) is 0 Å². The minimum Gasteiger partial charge on any atom is -0.366 e. The van der Waals surface area contributed by atoms with Crippen molar-refractivity contribution in [3.05, 3.63) is 29.8 Å². The molecule has 1 saturated heterocycles. The average Bonchev–Trinajstić information content (AvgIpc) is 2.47. The Morgan fingerprint density at radius 2 is 2.00 bits per heavy atom. The van der Waals surface area contributed by atoms with Gasteiger partial charge in [-0.15, -0.1) is 0 Å². The van der Waals surface area contributed by atoms with Crippen LogP contribution < -0.4 is 11.1 Å². The summed E-state index contributed by atoms with van der Waals surface area (Å²) < 4.78 is 0. The molecule has 0 saturated carbocycles. The second-order valence-electron chi connectivity index (χ2n) is 5.85. The summed E-state index contributed by atoms with van der Waals surface area (Å²) >= 11 is 0. The summed E-state index contributed by atoms with van der Waals surface area (Å²) in [6.07, 6.45) is 2.38. The summed E-state index contributed by atoms with van der Waals surface area (Å²) in [6.45, 7) is 6.10. The Morgan fingerprint density at radius 3 is 2.57 bits per heavy atom. The van der Waals surface area contributed by atoms with E-state index in [1.165, 1.54) is 6.42 Å². The quantitative estimate of drug-likeness (QED) is 0.888. The Labute approximate surface area is 125 Å². The molecular formula is C16H23N3O2. The van der Waals surface area contributed by atoms with Gasteiger partial charge >= 0.3 is 0 Å². The third-order valence-corrected chi connectivity index (χ3v) is 4.05. The number of anilines is 1. The van der Waals surface area contributed by atoms with Crippen molar-refractivity contribution in [3.8, 4) is 0 Å². The first kappa shape index (κ1) is 15.5. The lowest BCUT2D eigenvalue weighted by Crippen LogP contribution is -2.46. The van der Waals surface area contributed by atoms with Crippen LogP contribution in [0, 0.1) is 5.92 Å². The van der Waals surface area contributed by atoms with Crippen LogP contribution in [-0.4, -0.2) is 35.8 Å². The molecule has 1 fully saturated rings. The number of primary amides is 1. The maximum Gasteiger partial charge on any atom is 0.248 e. The highest BCUT2D eigenvalue weighted by Crippen LogP contribution is 2.18. The van der Waals surface area contributed by atoms with E-state index >= 15 is 0 Å². The van der Waals surface area contributed by atoms with E-state index < -0.39 is 5.91 Å². The molecule has 1 heterocycles. The zero-order valence-electron chi connectivity index (χ0n) is 12.6. The van der Waals surface area contributed by atoms with Gasteiger partial charge in [0.15, 0.2) is 0 Å². The molecule has 1 aromatic carbocycles. The minimum atomic E-state index is -0.469. The first-order valence-corrected chi connectivity index (χ1v) is 7.42. The van der Waals surface area contributed by atoms with E-state index in [-0.39, 0.29) is 11.9 Å². The fourth-order valence-corrected chi connectivity index (χ4v) is 2.71. The van der Waals surface area contributed by atoms with Gasteiger partial charge in [-0.3, -0.25) is 14.5 Å². The zero-order chi connectivity index (χ0) is 15.4. The van der Waals surface area contributed by atoms with Crippen LogP contribution in [0.5, 0.6) is 0 Å². The monoisotopic (exact) mass is 289 g/mol. The Bertz CT molecular complexity index is 513. The molecule has 2 rings (SSSR count). The average molecular weight is 289 g/mol. The molecule has 0 unspecified atom stereocenters. The maximum absolute atomic E-state index is 12.3. The van der Waals surface area contributed by atoms with Crippen molar-refractivity contribution in [2.75, 3.05) is 18.4 Å². The molecular weight excluding hydrogens is 266 g/mol. The van der Waals surface area contributed by atoms with Crippen LogP contribution >= 0.6 is 0 Å². The highest BCUT2D eigenvalue weighted by atomic mass is 16.2. The predicted molar refractivity (Wildman–Crippen MR) is 83.0 cm³/mol. The topological polar surface area (TPSA) is 75.4 Å². The van der Waals surface area contributed by atoms with Crippen molar-refractivity contribution in [1.29, 1.82) is 0 Å². The first-order chi connectivity index (χ1) is 9.97. The van der Waals surface area contributed by atoms with Crippen molar-refractivity contribution >= 4 is 17.5 Å². The highest BCUT2D eigenvalue weighted by Gasteiger charge is 2.25. The van der Waals surface area contributed by atoms with Crippen molar-refractivity contribution in [3.63, 3.8) is 0 Å². The molecule has 0 bridgehead atoms. The second-order valence-corrected chi connectivity index (χ2v) is 5.85. The molecule has 0 radical (unpaired) electrons. The van der Waals surface area contributed by atoms with Gasteiger partial charge in [0, 0.05) is 17.8 Å². The van der Waals surface area contributed by atoms with Crippen LogP contribution in [0.4, 0.5) is 5.69 Å². The summed E-state index contributed by atoms with van der Waals surface area (Å²) in [5.41, 5.74) is 6.31. The maximum atomic E-state index is 12.3. The smallest absolute Gasteiger partial charge is 0.248 e. The third-order valence-electron chi connectivity index (χ3n) is 4.05. The lowest BCUT2D eigenvalue weighted by Gasteiger charge is -2.34. The molecule has 0 spiro atoms. The van der Waals surface area contributed by atoms with E-state index in [0.717, 1.165) is 19.5 Å². The number of carbonyl (C=O) groups is 2. The number of nitrogens with one attached hydrogen (secondary N) is 1. The van der Waals surface area contributed by atoms with Gasteiger partial charge in [-0.25, -0.2) is 0 Å². The largest absolute Gasteiger partial charge is 0.366 e. The van der Waals surface area contributed by atoms with E-state index in [1.54, 1.807) is 24.3 Å². The van der Waals surface area contributed by atoms with Crippen LogP contribution in [0.1, 0.15) is 37.0 Å². The standard InChI is InChI=1S/C16H23N3O2/c1-11-4-3-9-19(10-11)12(2)16(21)18-14-7-5-13(6-8-14)15(17)20/h5-8,11-12H,3-4,9-10H2,1-2H3,(H2,17,20)(H,18,21)/t11-,12+/m1/s1. The fourth-order valence-electron chi connectivity index (χ4n) is 2.71. The van der Waals surface area contributed by atoms with Crippen molar-refractivity contribution in [1.82, 2.24) is 4.90 Å². The van der Waals surface area contributed by atoms with Crippen LogP contribution in [0.3, 0.4) is 0 Å². The van der Waals surface area contributed by atoms with Crippen LogP contribution in [-0.2, 0) is 4.79 Å². The summed E-state index contributed by atoms with van der Waals surface area (Å²) in [5.74, 6) is 0.156. The molecule has 0 aliphatic carbocycles. The van der Waals surface area contributed by atoms with Crippen LogP contribution in [0.25, 0.3) is 0 Å². The van der Waals surface area contributed by atoms with E-state index in [2.05, 4.69) is 17.1 Å². The molecule has 0 aromatic heterocycles. The molecule has 2 atom stereocenters. The fraction of sp³-hybridized carbons (Fsp3) is 0.500. The number of hydrogen-bond acceptors (Lipinski definition) is 3. The number of amides is 2. The van der Waals surface area contributed by atoms with Crippen molar-refractivity contribution in [2.24, 2.45) is 11.7 Å². The van der Waals surface area contributed by atoms with Gasteiger partial charge in [0.05, 0.1) is 6.04 Å². The summed E-state index contributed by atoms with van der Waals surface area (Å²) in [7, 11) is 0.